The molecule has 0 spiro atoms. The van der Waals surface area contributed by atoms with Crippen LogP contribution in [-0.4, -0.2) is 27.0 Å². The highest BCUT2D eigenvalue weighted by Crippen LogP contribution is 2.33. The maximum atomic E-state index is 12.9. The largest absolute Gasteiger partial charge is 0.466 e. The first-order valence-electron chi connectivity index (χ1n) is 8.07. The number of aryl methyl sites for hydroxylation is 2. The number of rotatable bonds is 3. The normalized spacial score (nSPS) is 21.1. The third-order valence-electron chi connectivity index (χ3n) is 4.29. The number of imide groups is 1. The molecule has 8 nitrogen and oxygen atoms in total. The van der Waals surface area contributed by atoms with Crippen LogP contribution in [0.1, 0.15) is 56.5 Å². The molecule has 0 aromatic carbocycles. The number of hydrogen-bond acceptors (Lipinski definition) is 6. The summed E-state index contributed by atoms with van der Waals surface area (Å²) in [6.07, 6.45) is 0. The van der Waals surface area contributed by atoms with E-state index < -0.39 is 11.6 Å². The summed E-state index contributed by atoms with van der Waals surface area (Å²) in [6, 6.07) is 1.27. The standard InChI is InChI=1S/C17H22N4O4/c1-9-7-11(10(2)24-9)17(6)14(22)21(15(23)19-17)8-12-18-13(20-25-12)16(3,4)5/h7H,8H2,1-6H3,(H,19,23)/t17-/m1/s1. The van der Waals surface area contributed by atoms with Crippen LogP contribution in [0.15, 0.2) is 15.0 Å². The van der Waals surface area contributed by atoms with Crippen molar-refractivity contribution < 1.29 is 18.5 Å². The minimum absolute atomic E-state index is 0.0702. The molecule has 1 saturated heterocycles. The minimum Gasteiger partial charge on any atom is -0.466 e. The number of carbonyl (C=O) groups excluding carboxylic acids is 2. The Morgan fingerprint density at radius 1 is 1.28 bits per heavy atom. The zero-order valence-corrected chi connectivity index (χ0v) is 15.3. The van der Waals surface area contributed by atoms with Gasteiger partial charge >= 0.3 is 6.03 Å². The van der Waals surface area contributed by atoms with Crippen LogP contribution in [0.2, 0.25) is 0 Å². The van der Waals surface area contributed by atoms with E-state index in [2.05, 4.69) is 15.5 Å². The third kappa shape index (κ3) is 2.81. The molecule has 3 amide bonds. The number of amides is 3. The molecule has 3 heterocycles. The molecule has 1 aliphatic heterocycles. The Kier molecular flexibility index (Phi) is 3.74. The van der Waals surface area contributed by atoms with Gasteiger partial charge in [-0.2, -0.15) is 4.98 Å². The summed E-state index contributed by atoms with van der Waals surface area (Å²) in [5.74, 6) is 1.65. The molecule has 1 atom stereocenters. The summed E-state index contributed by atoms with van der Waals surface area (Å²) in [7, 11) is 0. The highest BCUT2D eigenvalue weighted by molar-refractivity contribution is 6.07. The smallest absolute Gasteiger partial charge is 0.325 e. The van der Waals surface area contributed by atoms with E-state index in [4.69, 9.17) is 8.94 Å². The molecular formula is C17H22N4O4. The van der Waals surface area contributed by atoms with Gasteiger partial charge in [0.05, 0.1) is 0 Å². The van der Waals surface area contributed by atoms with E-state index in [0.29, 0.717) is 22.9 Å². The Morgan fingerprint density at radius 2 is 1.96 bits per heavy atom. The number of aromatic nitrogens is 2. The number of nitrogens with zero attached hydrogens (tertiary/aromatic N) is 3. The van der Waals surface area contributed by atoms with E-state index in [9.17, 15) is 9.59 Å². The Balaban J connectivity index is 1.87. The fourth-order valence-electron chi connectivity index (χ4n) is 2.91. The Labute approximate surface area is 145 Å². The Hall–Kier alpha value is -2.64. The van der Waals surface area contributed by atoms with E-state index in [1.54, 1.807) is 26.8 Å². The molecular weight excluding hydrogens is 324 g/mol. The molecule has 0 saturated carbocycles. The van der Waals surface area contributed by atoms with Crippen molar-refractivity contribution in [2.45, 2.75) is 59.0 Å². The molecule has 8 heteroatoms. The summed E-state index contributed by atoms with van der Waals surface area (Å²) in [5, 5.41) is 6.67. The van der Waals surface area contributed by atoms with Gasteiger partial charge in [0.2, 0.25) is 5.89 Å². The van der Waals surface area contributed by atoms with Gasteiger partial charge in [-0.25, -0.2) is 4.79 Å². The van der Waals surface area contributed by atoms with E-state index in [1.165, 1.54) is 0 Å². The van der Waals surface area contributed by atoms with E-state index in [1.807, 2.05) is 20.8 Å². The zero-order valence-electron chi connectivity index (χ0n) is 15.3. The van der Waals surface area contributed by atoms with Gasteiger partial charge in [-0.3, -0.25) is 9.69 Å². The van der Waals surface area contributed by atoms with Crippen LogP contribution >= 0.6 is 0 Å². The van der Waals surface area contributed by atoms with Gasteiger partial charge < -0.3 is 14.3 Å². The van der Waals surface area contributed by atoms with Gasteiger partial charge in [0.25, 0.3) is 5.91 Å². The number of carbonyl (C=O) groups is 2. The number of hydrogen-bond donors (Lipinski definition) is 1. The lowest BCUT2D eigenvalue weighted by Gasteiger charge is -2.20. The van der Waals surface area contributed by atoms with Gasteiger partial charge in [0.1, 0.15) is 23.6 Å². The first-order chi connectivity index (χ1) is 11.5. The lowest BCUT2D eigenvalue weighted by atomic mass is 9.92. The van der Waals surface area contributed by atoms with Crippen LogP contribution in [0.3, 0.4) is 0 Å². The van der Waals surface area contributed by atoms with Gasteiger partial charge in [0.15, 0.2) is 5.82 Å². The number of nitrogens with one attached hydrogen (secondary N) is 1. The molecule has 1 N–H and O–H groups in total. The maximum absolute atomic E-state index is 12.9. The Bertz CT molecular complexity index is 845. The predicted molar refractivity (Wildman–Crippen MR) is 87.6 cm³/mol. The summed E-state index contributed by atoms with van der Waals surface area (Å²) in [5.41, 5.74) is -0.808. The summed E-state index contributed by atoms with van der Waals surface area (Å²) >= 11 is 0. The second-order valence-corrected chi connectivity index (χ2v) is 7.54. The van der Waals surface area contributed by atoms with Crippen molar-refractivity contribution in [3.63, 3.8) is 0 Å². The van der Waals surface area contributed by atoms with Crippen molar-refractivity contribution in [1.82, 2.24) is 20.4 Å². The predicted octanol–water partition coefficient (Wildman–Crippen LogP) is 2.54. The lowest BCUT2D eigenvalue weighted by Crippen LogP contribution is -2.41. The molecule has 0 radical (unpaired) electrons. The molecule has 3 rings (SSSR count). The van der Waals surface area contributed by atoms with Gasteiger partial charge in [-0.15, -0.1) is 0 Å². The van der Waals surface area contributed by atoms with Crippen LogP contribution in [0.5, 0.6) is 0 Å². The highest BCUT2D eigenvalue weighted by atomic mass is 16.5. The number of urea groups is 1. The summed E-state index contributed by atoms with van der Waals surface area (Å²) < 4.78 is 10.7. The van der Waals surface area contributed by atoms with Crippen molar-refractivity contribution in [3.8, 4) is 0 Å². The van der Waals surface area contributed by atoms with Crippen LogP contribution < -0.4 is 5.32 Å². The minimum atomic E-state index is -1.17. The van der Waals surface area contributed by atoms with Crippen molar-refractivity contribution in [2.24, 2.45) is 0 Å². The monoisotopic (exact) mass is 346 g/mol. The second-order valence-electron chi connectivity index (χ2n) is 7.54. The van der Waals surface area contributed by atoms with Gasteiger partial charge in [-0.1, -0.05) is 25.9 Å². The van der Waals surface area contributed by atoms with Crippen molar-refractivity contribution in [2.75, 3.05) is 0 Å². The maximum Gasteiger partial charge on any atom is 0.325 e. The summed E-state index contributed by atoms with van der Waals surface area (Å²) in [4.78, 5) is 30.7. The molecule has 0 aliphatic carbocycles. The van der Waals surface area contributed by atoms with Crippen LogP contribution in [0.25, 0.3) is 0 Å². The molecule has 0 unspecified atom stereocenters. The molecule has 0 bridgehead atoms. The molecule has 2 aromatic heterocycles. The van der Waals surface area contributed by atoms with Crippen LogP contribution in [-0.2, 0) is 22.3 Å². The topological polar surface area (TPSA) is 101 Å². The molecule has 1 aliphatic rings. The van der Waals surface area contributed by atoms with Crippen LogP contribution in [0, 0.1) is 13.8 Å². The van der Waals surface area contributed by atoms with Crippen molar-refractivity contribution in [3.05, 3.63) is 34.9 Å². The summed E-state index contributed by atoms with van der Waals surface area (Å²) in [6.45, 7) is 11.0. The highest BCUT2D eigenvalue weighted by Gasteiger charge is 2.51. The second kappa shape index (κ2) is 5.44. The average molecular weight is 346 g/mol. The molecule has 25 heavy (non-hydrogen) atoms. The SMILES string of the molecule is Cc1cc([C@@]2(C)NC(=O)N(Cc3nc(C(C)(C)C)no3)C2=O)c(C)o1. The molecule has 134 valence electrons. The average Bonchev–Trinajstić information content (AvgIpc) is 3.14. The fraction of sp³-hybridized carbons (Fsp3) is 0.529. The zero-order chi connectivity index (χ0) is 18.6. The van der Waals surface area contributed by atoms with Gasteiger partial charge in [0, 0.05) is 11.0 Å². The quantitative estimate of drug-likeness (QED) is 0.857. The third-order valence-corrected chi connectivity index (χ3v) is 4.29. The van der Waals surface area contributed by atoms with Crippen molar-refractivity contribution >= 4 is 11.9 Å². The van der Waals surface area contributed by atoms with E-state index in [0.717, 1.165) is 4.90 Å². The first-order valence-corrected chi connectivity index (χ1v) is 8.07. The molecule has 2 aromatic rings. The van der Waals surface area contributed by atoms with Gasteiger partial charge in [-0.05, 0) is 26.8 Å². The first kappa shape index (κ1) is 17.2. The van der Waals surface area contributed by atoms with E-state index in [-0.39, 0.29) is 23.8 Å². The Morgan fingerprint density at radius 3 is 2.48 bits per heavy atom. The van der Waals surface area contributed by atoms with E-state index >= 15 is 0 Å². The van der Waals surface area contributed by atoms with Crippen molar-refractivity contribution in [1.29, 1.82) is 0 Å². The number of furan rings is 1. The van der Waals surface area contributed by atoms with Crippen LogP contribution in [0.4, 0.5) is 4.79 Å². The molecule has 1 fully saturated rings. The lowest BCUT2D eigenvalue weighted by molar-refractivity contribution is -0.131. The fourth-order valence-corrected chi connectivity index (χ4v) is 2.91.